The van der Waals surface area contributed by atoms with Crippen LogP contribution in [0.5, 0.6) is 0 Å². The van der Waals surface area contributed by atoms with Gasteiger partial charge in [-0.1, -0.05) is 20.8 Å². The highest BCUT2D eigenvalue weighted by molar-refractivity contribution is 7.84. The molecule has 0 heterocycles. The average Bonchev–Trinajstić information content (AvgIpc) is 2.04. The smallest absolute Gasteiger partial charge is 0.0441 e. The first-order valence-electron chi connectivity index (χ1n) is 5.04. The Morgan fingerprint density at radius 3 is 2.15 bits per heavy atom. The van der Waals surface area contributed by atoms with Gasteiger partial charge >= 0.3 is 0 Å². The standard InChI is InChI=1S/C10H23NOS/c1-6-10(8(2)3)11-7-9(4)13(5)12/h8-11H,6-7H2,1-5H3. The van der Waals surface area contributed by atoms with E-state index < -0.39 is 10.8 Å². The van der Waals surface area contributed by atoms with Gasteiger partial charge in [-0.25, -0.2) is 0 Å². The van der Waals surface area contributed by atoms with Gasteiger partial charge in [-0.15, -0.1) is 0 Å². The van der Waals surface area contributed by atoms with Crippen molar-refractivity contribution < 1.29 is 4.21 Å². The van der Waals surface area contributed by atoms with E-state index in [2.05, 4.69) is 26.1 Å². The molecule has 3 atom stereocenters. The summed E-state index contributed by atoms with van der Waals surface area (Å²) in [5.41, 5.74) is 0. The van der Waals surface area contributed by atoms with Crippen molar-refractivity contribution in [2.24, 2.45) is 5.92 Å². The topological polar surface area (TPSA) is 29.1 Å². The third-order valence-electron chi connectivity index (χ3n) is 2.48. The Bertz CT molecular complexity index is 159. The second kappa shape index (κ2) is 6.55. The van der Waals surface area contributed by atoms with Gasteiger partial charge in [0.15, 0.2) is 0 Å². The molecule has 0 aliphatic heterocycles. The predicted molar refractivity (Wildman–Crippen MR) is 60.4 cm³/mol. The van der Waals surface area contributed by atoms with Crippen LogP contribution in [0.1, 0.15) is 34.1 Å². The molecule has 0 saturated heterocycles. The van der Waals surface area contributed by atoms with Crippen molar-refractivity contribution in [2.75, 3.05) is 12.8 Å². The summed E-state index contributed by atoms with van der Waals surface area (Å²) in [6, 6.07) is 0.561. The minimum atomic E-state index is -0.704. The van der Waals surface area contributed by atoms with Crippen molar-refractivity contribution in [1.82, 2.24) is 5.32 Å². The van der Waals surface area contributed by atoms with Crippen LogP contribution in [0.15, 0.2) is 0 Å². The summed E-state index contributed by atoms with van der Waals surface area (Å²) in [4.78, 5) is 0. The van der Waals surface area contributed by atoms with Gasteiger partial charge in [-0.3, -0.25) is 4.21 Å². The lowest BCUT2D eigenvalue weighted by molar-refractivity contribution is 0.390. The molecule has 0 spiro atoms. The Balaban J connectivity index is 3.78. The van der Waals surface area contributed by atoms with Crippen LogP contribution in [0.25, 0.3) is 0 Å². The van der Waals surface area contributed by atoms with Crippen LogP contribution >= 0.6 is 0 Å². The highest BCUT2D eigenvalue weighted by Crippen LogP contribution is 2.05. The maximum absolute atomic E-state index is 11.1. The molecule has 0 rings (SSSR count). The molecule has 13 heavy (non-hydrogen) atoms. The fourth-order valence-corrected chi connectivity index (χ4v) is 1.62. The quantitative estimate of drug-likeness (QED) is 0.716. The fraction of sp³-hybridized carbons (Fsp3) is 1.00. The molecule has 0 saturated carbocycles. The first-order valence-corrected chi connectivity index (χ1v) is 6.66. The molecule has 0 fully saturated rings. The first-order chi connectivity index (χ1) is 5.99. The Morgan fingerprint density at radius 2 is 1.85 bits per heavy atom. The van der Waals surface area contributed by atoms with Crippen LogP contribution in [0, 0.1) is 5.92 Å². The Hall–Kier alpha value is 0.110. The van der Waals surface area contributed by atoms with Gasteiger partial charge in [0.1, 0.15) is 0 Å². The van der Waals surface area contributed by atoms with E-state index in [0.29, 0.717) is 12.0 Å². The van der Waals surface area contributed by atoms with E-state index in [1.165, 1.54) is 0 Å². The zero-order valence-electron chi connectivity index (χ0n) is 9.46. The summed E-state index contributed by atoms with van der Waals surface area (Å²) in [5.74, 6) is 0.655. The summed E-state index contributed by atoms with van der Waals surface area (Å²) < 4.78 is 11.1. The van der Waals surface area contributed by atoms with Crippen molar-refractivity contribution in [3.8, 4) is 0 Å². The normalized spacial score (nSPS) is 18.6. The van der Waals surface area contributed by atoms with Crippen LogP contribution < -0.4 is 5.32 Å². The summed E-state index contributed by atoms with van der Waals surface area (Å²) in [6.45, 7) is 9.50. The highest BCUT2D eigenvalue weighted by Gasteiger charge is 2.12. The summed E-state index contributed by atoms with van der Waals surface area (Å²) in [6.07, 6.45) is 2.91. The van der Waals surface area contributed by atoms with Crippen molar-refractivity contribution in [2.45, 2.75) is 45.4 Å². The van der Waals surface area contributed by atoms with Crippen molar-refractivity contribution in [3.63, 3.8) is 0 Å². The van der Waals surface area contributed by atoms with E-state index in [4.69, 9.17) is 0 Å². The SMILES string of the molecule is CCC(NCC(C)S(C)=O)C(C)C. The molecule has 0 aliphatic rings. The van der Waals surface area contributed by atoms with E-state index in [0.717, 1.165) is 13.0 Å². The summed E-state index contributed by atoms with van der Waals surface area (Å²) in [5, 5.41) is 3.71. The molecule has 3 heteroatoms. The van der Waals surface area contributed by atoms with Crippen molar-refractivity contribution in [1.29, 1.82) is 0 Å². The van der Waals surface area contributed by atoms with E-state index in [1.54, 1.807) is 6.26 Å². The lowest BCUT2D eigenvalue weighted by Crippen LogP contribution is -2.38. The molecule has 0 aliphatic carbocycles. The van der Waals surface area contributed by atoms with E-state index >= 15 is 0 Å². The maximum Gasteiger partial charge on any atom is 0.0441 e. The number of hydrogen-bond acceptors (Lipinski definition) is 2. The predicted octanol–water partition coefficient (Wildman–Crippen LogP) is 1.78. The Kier molecular flexibility index (Phi) is 6.60. The lowest BCUT2D eigenvalue weighted by atomic mass is 10.0. The number of hydrogen-bond donors (Lipinski definition) is 1. The lowest BCUT2D eigenvalue weighted by Gasteiger charge is -2.22. The minimum absolute atomic E-state index is 0.257. The molecule has 0 amide bonds. The molecule has 0 bridgehead atoms. The average molecular weight is 205 g/mol. The Morgan fingerprint density at radius 1 is 1.31 bits per heavy atom. The molecule has 0 aromatic rings. The van der Waals surface area contributed by atoms with Crippen LogP contribution in [-0.2, 0) is 10.8 Å². The monoisotopic (exact) mass is 205 g/mol. The van der Waals surface area contributed by atoms with E-state index in [1.807, 2.05) is 6.92 Å². The van der Waals surface area contributed by atoms with E-state index in [9.17, 15) is 4.21 Å². The van der Waals surface area contributed by atoms with Crippen LogP contribution in [-0.4, -0.2) is 28.3 Å². The maximum atomic E-state index is 11.1. The second-order valence-electron chi connectivity index (χ2n) is 3.98. The molecule has 0 radical (unpaired) electrons. The van der Waals surface area contributed by atoms with Gasteiger partial charge in [-0.05, 0) is 19.3 Å². The van der Waals surface area contributed by atoms with Gasteiger partial charge in [0.05, 0.1) is 0 Å². The molecule has 0 aromatic heterocycles. The fourth-order valence-electron chi connectivity index (χ4n) is 1.29. The highest BCUT2D eigenvalue weighted by atomic mass is 32.2. The molecular formula is C10H23NOS. The molecular weight excluding hydrogens is 182 g/mol. The van der Waals surface area contributed by atoms with Gasteiger partial charge in [0, 0.05) is 34.9 Å². The van der Waals surface area contributed by atoms with Gasteiger partial charge in [0.2, 0.25) is 0 Å². The first kappa shape index (κ1) is 13.1. The minimum Gasteiger partial charge on any atom is -0.313 e. The van der Waals surface area contributed by atoms with Crippen LogP contribution in [0.2, 0.25) is 0 Å². The van der Waals surface area contributed by atoms with Gasteiger partial charge in [-0.2, -0.15) is 0 Å². The molecule has 2 nitrogen and oxygen atoms in total. The van der Waals surface area contributed by atoms with Gasteiger partial charge in [0.25, 0.3) is 0 Å². The third-order valence-corrected chi connectivity index (χ3v) is 3.78. The largest absolute Gasteiger partial charge is 0.313 e. The zero-order valence-corrected chi connectivity index (χ0v) is 10.3. The zero-order chi connectivity index (χ0) is 10.4. The van der Waals surface area contributed by atoms with E-state index in [-0.39, 0.29) is 5.25 Å². The number of nitrogens with one attached hydrogen (secondary N) is 1. The molecule has 1 N–H and O–H groups in total. The summed E-state index contributed by atoms with van der Waals surface area (Å²) >= 11 is 0. The van der Waals surface area contributed by atoms with Crippen molar-refractivity contribution in [3.05, 3.63) is 0 Å². The van der Waals surface area contributed by atoms with Crippen molar-refractivity contribution >= 4 is 10.8 Å². The Labute approximate surface area is 84.9 Å². The molecule has 0 aromatic carbocycles. The van der Waals surface area contributed by atoms with Crippen LogP contribution in [0.4, 0.5) is 0 Å². The summed E-state index contributed by atoms with van der Waals surface area (Å²) in [7, 11) is -0.704. The van der Waals surface area contributed by atoms with Crippen LogP contribution in [0.3, 0.4) is 0 Å². The second-order valence-corrected chi connectivity index (χ2v) is 5.78. The molecule has 3 unspecified atom stereocenters. The third kappa shape index (κ3) is 5.42. The number of rotatable bonds is 6. The van der Waals surface area contributed by atoms with Gasteiger partial charge < -0.3 is 5.32 Å². The molecule has 80 valence electrons.